The van der Waals surface area contributed by atoms with E-state index in [1.807, 2.05) is 5.32 Å². The molecule has 0 radical (unpaired) electrons. The Balaban J connectivity index is 0.00000341. The Kier molecular flexibility index (Phi) is 6.81. The maximum absolute atomic E-state index is 13.7. The van der Waals surface area contributed by atoms with Crippen molar-refractivity contribution in [3.63, 3.8) is 0 Å². The van der Waals surface area contributed by atoms with Crippen LogP contribution in [0.4, 0.5) is 39.4 Å². The molecule has 1 aromatic heterocycles. The van der Waals surface area contributed by atoms with Crippen LogP contribution in [-0.4, -0.2) is 16.9 Å². The van der Waals surface area contributed by atoms with Crippen molar-refractivity contribution >= 4 is 41.4 Å². The highest BCUT2D eigenvalue weighted by molar-refractivity contribution is 6.02. The summed E-state index contributed by atoms with van der Waals surface area (Å²) in [5, 5.41) is 4.41. The second-order valence-electron chi connectivity index (χ2n) is 6.21. The van der Waals surface area contributed by atoms with Crippen LogP contribution >= 0.6 is 12.4 Å². The largest absolute Gasteiger partial charge is 0.416 e. The molecular weight excluding hydrogens is 442 g/mol. The number of nitrogen functional groups attached to an aromatic ring is 1. The molecule has 12 heteroatoms. The van der Waals surface area contributed by atoms with E-state index in [1.54, 1.807) is 12.1 Å². The van der Waals surface area contributed by atoms with E-state index >= 15 is 0 Å². The number of anilines is 3. The molecule has 3 rings (SSSR count). The molecular formula is C19H16ClF4N5O2. The standard InChI is InChI=1S/C19H15F4N5O2.ClH/c20-12-6-3-10(19(21,22)23)7-14(12)28-18(30)27-11-4-1-9(2-5-11)15-13(24)8-26-16(15)17(25)29;/h1-8,26H,24H2,(H2,25,29)(H2,27,28,30);1H. The second kappa shape index (κ2) is 8.96. The number of halogens is 5. The van der Waals surface area contributed by atoms with E-state index in [4.69, 9.17) is 11.5 Å². The fraction of sp³-hybridized carbons (Fsp3) is 0.0526. The van der Waals surface area contributed by atoms with Crippen LogP contribution in [0, 0.1) is 5.82 Å². The number of carbonyl (C=O) groups excluding carboxylic acids is 2. The summed E-state index contributed by atoms with van der Waals surface area (Å²) in [7, 11) is 0. The third-order valence-electron chi connectivity index (χ3n) is 4.13. The predicted octanol–water partition coefficient (Wildman–Crippen LogP) is 4.59. The smallest absolute Gasteiger partial charge is 0.397 e. The maximum Gasteiger partial charge on any atom is 0.416 e. The zero-order valence-electron chi connectivity index (χ0n) is 15.5. The Labute approximate surface area is 179 Å². The summed E-state index contributed by atoms with van der Waals surface area (Å²) in [6.45, 7) is 0. The fourth-order valence-corrected chi connectivity index (χ4v) is 2.75. The van der Waals surface area contributed by atoms with Gasteiger partial charge in [0, 0.05) is 17.4 Å². The van der Waals surface area contributed by atoms with E-state index in [2.05, 4.69) is 10.3 Å². The number of hydrogen-bond donors (Lipinski definition) is 5. The number of amides is 3. The first-order valence-corrected chi connectivity index (χ1v) is 8.38. The predicted molar refractivity (Wildman–Crippen MR) is 110 cm³/mol. The van der Waals surface area contributed by atoms with Gasteiger partial charge in [-0.2, -0.15) is 13.2 Å². The number of benzene rings is 2. The first-order valence-electron chi connectivity index (χ1n) is 8.38. The SMILES string of the molecule is Cl.NC(=O)c1[nH]cc(N)c1-c1ccc(NC(=O)Nc2cc(C(F)(F)F)ccc2F)cc1. The number of primary amides is 1. The lowest BCUT2D eigenvalue weighted by atomic mass is 10.0. The Bertz CT molecular complexity index is 1110. The van der Waals surface area contributed by atoms with Gasteiger partial charge in [-0.15, -0.1) is 12.4 Å². The summed E-state index contributed by atoms with van der Waals surface area (Å²) in [6, 6.07) is 6.77. The van der Waals surface area contributed by atoms with Gasteiger partial charge in [-0.1, -0.05) is 12.1 Å². The molecule has 0 bridgehead atoms. The summed E-state index contributed by atoms with van der Waals surface area (Å²) in [5.74, 6) is -1.72. The highest BCUT2D eigenvalue weighted by atomic mass is 35.5. The number of H-pyrrole nitrogens is 1. The van der Waals surface area contributed by atoms with Crippen LogP contribution < -0.4 is 22.1 Å². The number of alkyl halides is 3. The van der Waals surface area contributed by atoms with Crippen molar-refractivity contribution in [2.24, 2.45) is 5.73 Å². The lowest BCUT2D eigenvalue weighted by Crippen LogP contribution is -2.20. The molecule has 31 heavy (non-hydrogen) atoms. The monoisotopic (exact) mass is 457 g/mol. The molecule has 0 atom stereocenters. The molecule has 2 aromatic carbocycles. The Morgan fingerprint density at radius 1 is 1.00 bits per heavy atom. The molecule has 0 aliphatic rings. The zero-order valence-corrected chi connectivity index (χ0v) is 16.3. The quantitative estimate of drug-likeness (QED) is 0.368. The van der Waals surface area contributed by atoms with Gasteiger partial charge in [0.05, 0.1) is 16.9 Å². The third-order valence-corrected chi connectivity index (χ3v) is 4.13. The first-order chi connectivity index (χ1) is 14.1. The van der Waals surface area contributed by atoms with Gasteiger partial charge >= 0.3 is 12.2 Å². The van der Waals surface area contributed by atoms with Gasteiger partial charge in [-0.25, -0.2) is 9.18 Å². The van der Waals surface area contributed by atoms with E-state index in [-0.39, 0.29) is 23.8 Å². The number of rotatable bonds is 4. The zero-order chi connectivity index (χ0) is 22.1. The minimum absolute atomic E-state index is 0. The Morgan fingerprint density at radius 2 is 1.65 bits per heavy atom. The molecule has 0 unspecified atom stereocenters. The van der Waals surface area contributed by atoms with Gasteiger partial charge in [0.15, 0.2) is 0 Å². The van der Waals surface area contributed by atoms with Crippen LogP contribution in [0.1, 0.15) is 16.1 Å². The van der Waals surface area contributed by atoms with E-state index in [0.29, 0.717) is 35.0 Å². The number of hydrogen-bond acceptors (Lipinski definition) is 3. The van der Waals surface area contributed by atoms with Gasteiger partial charge in [-0.3, -0.25) is 4.79 Å². The lowest BCUT2D eigenvalue weighted by molar-refractivity contribution is -0.137. The van der Waals surface area contributed by atoms with Crippen molar-refractivity contribution in [2.45, 2.75) is 6.18 Å². The van der Waals surface area contributed by atoms with Crippen molar-refractivity contribution in [3.8, 4) is 11.1 Å². The Morgan fingerprint density at radius 3 is 2.23 bits per heavy atom. The summed E-state index contributed by atoms with van der Waals surface area (Å²) >= 11 is 0. The number of nitrogens with two attached hydrogens (primary N) is 2. The molecule has 164 valence electrons. The van der Waals surface area contributed by atoms with Gasteiger partial charge in [-0.05, 0) is 35.9 Å². The molecule has 3 amide bonds. The minimum atomic E-state index is -4.68. The summed E-state index contributed by atoms with van der Waals surface area (Å²) < 4.78 is 52.0. The van der Waals surface area contributed by atoms with Crippen molar-refractivity contribution in [2.75, 3.05) is 16.4 Å². The molecule has 0 saturated carbocycles. The molecule has 0 aliphatic heterocycles. The van der Waals surface area contributed by atoms with Crippen molar-refractivity contribution in [1.82, 2.24) is 4.98 Å². The summed E-state index contributed by atoms with van der Waals surface area (Å²) in [5.41, 5.74) is 11.0. The number of nitrogens with one attached hydrogen (secondary N) is 3. The van der Waals surface area contributed by atoms with E-state index in [9.17, 15) is 27.2 Å². The van der Waals surface area contributed by atoms with Crippen molar-refractivity contribution in [3.05, 3.63) is 65.7 Å². The van der Waals surface area contributed by atoms with Crippen LogP contribution in [0.25, 0.3) is 11.1 Å². The first kappa shape index (κ1) is 23.5. The molecule has 1 heterocycles. The van der Waals surface area contributed by atoms with Crippen LogP contribution in [-0.2, 0) is 6.18 Å². The highest BCUT2D eigenvalue weighted by Crippen LogP contribution is 2.32. The second-order valence-corrected chi connectivity index (χ2v) is 6.21. The maximum atomic E-state index is 13.7. The van der Waals surface area contributed by atoms with Crippen molar-refractivity contribution < 1.29 is 27.2 Å². The van der Waals surface area contributed by atoms with Crippen LogP contribution in [0.2, 0.25) is 0 Å². The van der Waals surface area contributed by atoms with Crippen LogP contribution in [0.5, 0.6) is 0 Å². The van der Waals surface area contributed by atoms with Crippen LogP contribution in [0.15, 0.2) is 48.7 Å². The summed E-state index contributed by atoms with van der Waals surface area (Å²) in [4.78, 5) is 26.2. The van der Waals surface area contributed by atoms with Crippen molar-refractivity contribution in [1.29, 1.82) is 0 Å². The third kappa shape index (κ3) is 5.25. The van der Waals surface area contributed by atoms with E-state index in [1.165, 1.54) is 18.3 Å². The van der Waals surface area contributed by atoms with Gasteiger partial charge in [0.2, 0.25) is 0 Å². The average molecular weight is 458 g/mol. The normalized spacial score (nSPS) is 10.8. The fourth-order valence-electron chi connectivity index (χ4n) is 2.75. The van der Waals surface area contributed by atoms with Gasteiger partial charge in [0.25, 0.3) is 5.91 Å². The highest BCUT2D eigenvalue weighted by Gasteiger charge is 2.31. The molecule has 0 aliphatic carbocycles. The number of urea groups is 1. The minimum Gasteiger partial charge on any atom is -0.397 e. The molecule has 7 N–H and O–H groups in total. The topological polar surface area (TPSA) is 126 Å². The van der Waals surface area contributed by atoms with E-state index < -0.39 is 35.2 Å². The van der Waals surface area contributed by atoms with Crippen LogP contribution in [0.3, 0.4) is 0 Å². The molecule has 7 nitrogen and oxygen atoms in total. The number of aromatic nitrogens is 1. The van der Waals surface area contributed by atoms with Gasteiger partial charge in [0.1, 0.15) is 11.5 Å². The van der Waals surface area contributed by atoms with Gasteiger partial charge < -0.3 is 27.1 Å². The molecule has 0 fully saturated rings. The lowest BCUT2D eigenvalue weighted by Gasteiger charge is -2.12. The summed E-state index contributed by atoms with van der Waals surface area (Å²) in [6.07, 6.45) is -3.26. The van der Waals surface area contributed by atoms with E-state index in [0.717, 1.165) is 0 Å². The number of carbonyl (C=O) groups is 2. The average Bonchev–Trinajstić information content (AvgIpc) is 3.05. The molecule has 0 spiro atoms. The molecule has 0 saturated heterocycles. The Hall–Kier alpha value is -3.73. The molecule has 3 aromatic rings. The number of aromatic amines is 1.